The number of halogens is 1. The van der Waals surface area contributed by atoms with E-state index >= 15 is 0 Å². The van der Waals surface area contributed by atoms with E-state index in [2.05, 4.69) is 39.2 Å². The normalized spacial score (nSPS) is 15.7. The first-order chi connectivity index (χ1) is 19.3. The predicted octanol–water partition coefficient (Wildman–Crippen LogP) is 5.14. The fourth-order valence-corrected chi connectivity index (χ4v) is 5.50. The summed E-state index contributed by atoms with van der Waals surface area (Å²) in [6.07, 6.45) is 3.79. The van der Waals surface area contributed by atoms with E-state index in [1.54, 1.807) is 13.2 Å². The number of methoxy groups -OCH3 is 1. The van der Waals surface area contributed by atoms with Crippen molar-refractivity contribution in [3.05, 3.63) is 82.0 Å². The number of aliphatic hydroxyl groups is 1. The highest BCUT2D eigenvalue weighted by Gasteiger charge is 2.23. The Morgan fingerprint density at radius 2 is 1.98 bits per heavy atom. The lowest BCUT2D eigenvalue weighted by atomic mass is 9.98. The first-order valence-electron chi connectivity index (χ1n) is 13.4. The summed E-state index contributed by atoms with van der Waals surface area (Å²) in [5.74, 6) is -0.590. The third kappa shape index (κ3) is 6.42. The maximum Gasteiger partial charge on any atom is 0.328 e. The molecule has 4 aromatic rings. The predicted molar refractivity (Wildman–Crippen MR) is 158 cm³/mol. The summed E-state index contributed by atoms with van der Waals surface area (Å²) in [7, 11) is 1.54. The number of aliphatic hydroxyl groups excluding tert-OH is 1. The number of hydrogen-bond donors (Lipinski definition) is 3. The third-order valence-electron chi connectivity index (χ3n) is 7.47. The monoisotopic (exact) mass is 560 g/mol. The van der Waals surface area contributed by atoms with E-state index in [0.717, 1.165) is 53.9 Å². The molecule has 5 rings (SSSR count). The van der Waals surface area contributed by atoms with Gasteiger partial charge in [0.05, 0.1) is 24.2 Å². The van der Waals surface area contributed by atoms with Gasteiger partial charge in [0, 0.05) is 53.2 Å². The minimum Gasteiger partial charge on any atom is -0.481 e. The van der Waals surface area contributed by atoms with Crippen molar-refractivity contribution in [3.8, 4) is 5.88 Å². The molecule has 1 aliphatic heterocycles. The zero-order valence-corrected chi connectivity index (χ0v) is 23.4. The second-order valence-corrected chi connectivity index (χ2v) is 10.6. The number of hydrogen-bond acceptors (Lipinski definition) is 7. The summed E-state index contributed by atoms with van der Waals surface area (Å²) >= 11 is 6.47. The number of carboxylic acid groups (broad SMARTS) is 1. The number of β-amino-alcohol motifs (C(OH)–C–C–N with tert-alkyl or cyclic N) is 1. The Balaban J connectivity index is 1.22. The summed E-state index contributed by atoms with van der Waals surface area (Å²) in [6, 6.07) is 15.8. The Labute approximate surface area is 238 Å². The van der Waals surface area contributed by atoms with Gasteiger partial charge < -0.3 is 25.2 Å². The van der Waals surface area contributed by atoms with Gasteiger partial charge in [-0.1, -0.05) is 35.4 Å². The molecule has 2 aromatic carbocycles. The summed E-state index contributed by atoms with van der Waals surface area (Å²) in [4.78, 5) is 22.4. The second-order valence-electron chi connectivity index (χ2n) is 10.3. The summed E-state index contributed by atoms with van der Waals surface area (Å²) in [5.41, 5.74) is 5.10. The number of aliphatic carboxylic acids is 1. The van der Waals surface area contributed by atoms with E-state index < -0.39 is 12.1 Å². The fourth-order valence-electron chi connectivity index (χ4n) is 5.29. The van der Waals surface area contributed by atoms with Crippen LogP contribution in [-0.4, -0.2) is 63.8 Å². The van der Waals surface area contributed by atoms with E-state index in [1.165, 1.54) is 11.6 Å². The Morgan fingerprint density at radius 1 is 1.18 bits per heavy atom. The SMILES string of the molecule is COc1ccc2c(/C=C/C(=O)O)ccc(C(O)CN3CCC(NCc4cc5cc(C)ccc5nc4Cl)CC3)c2n1. The Kier molecular flexibility index (Phi) is 8.61. The maximum absolute atomic E-state index is 11.2. The Hall–Kier alpha value is -3.56. The number of carboxylic acids is 1. The number of aromatic nitrogens is 2. The van der Waals surface area contributed by atoms with Crippen molar-refractivity contribution in [2.24, 2.45) is 0 Å². The first kappa shape index (κ1) is 28.0. The molecule has 9 heteroatoms. The van der Waals surface area contributed by atoms with Crippen molar-refractivity contribution in [2.75, 3.05) is 26.7 Å². The number of ether oxygens (including phenoxy) is 1. The minimum atomic E-state index is -1.02. The minimum absolute atomic E-state index is 0.352. The average Bonchev–Trinajstić information content (AvgIpc) is 2.95. The molecule has 2 aromatic heterocycles. The molecule has 1 aliphatic rings. The first-order valence-corrected chi connectivity index (χ1v) is 13.8. The molecular formula is C31H33ClN4O4. The molecule has 1 fully saturated rings. The highest BCUT2D eigenvalue weighted by molar-refractivity contribution is 6.30. The molecule has 208 valence electrons. The molecule has 0 amide bonds. The number of pyridine rings is 2. The topological polar surface area (TPSA) is 108 Å². The highest BCUT2D eigenvalue weighted by Crippen LogP contribution is 2.30. The highest BCUT2D eigenvalue weighted by atomic mass is 35.5. The van der Waals surface area contributed by atoms with Crippen molar-refractivity contribution in [3.63, 3.8) is 0 Å². The van der Waals surface area contributed by atoms with Crippen LogP contribution in [-0.2, 0) is 11.3 Å². The number of rotatable bonds is 9. The van der Waals surface area contributed by atoms with Gasteiger partial charge in [-0.2, -0.15) is 0 Å². The van der Waals surface area contributed by atoms with Crippen LogP contribution in [0.15, 0.2) is 54.6 Å². The number of nitrogens with zero attached hydrogens (tertiary/aromatic N) is 3. The zero-order valence-electron chi connectivity index (χ0n) is 22.6. The van der Waals surface area contributed by atoms with E-state index in [-0.39, 0.29) is 0 Å². The molecule has 1 saturated heterocycles. The van der Waals surface area contributed by atoms with Crippen LogP contribution >= 0.6 is 11.6 Å². The second kappa shape index (κ2) is 12.3. The molecule has 0 spiro atoms. The van der Waals surface area contributed by atoms with E-state index in [1.807, 2.05) is 30.3 Å². The molecule has 8 nitrogen and oxygen atoms in total. The summed E-state index contributed by atoms with van der Waals surface area (Å²) in [6.45, 7) is 4.91. The van der Waals surface area contributed by atoms with E-state index in [9.17, 15) is 9.90 Å². The molecular weight excluding hydrogens is 528 g/mol. The number of fused-ring (bicyclic) bond motifs is 2. The molecule has 0 saturated carbocycles. The van der Waals surface area contributed by atoms with Crippen molar-refractivity contribution >= 4 is 45.5 Å². The van der Waals surface area contributed by atoms with E-state index in [0.29, 0.717) is 46.8 Å². The number of benzene rings is 2. The molecule has 1 atom stereocenters. The molecule has 0 radical (unpaired) electrons. The van der Waals surface area contributed by atoms with Crippen LogP contribution in [0.25, 0.3) is 27.9 Å². The van der Waals surface area contributed by atoms with Crippen LogP contribution in [0.3, 0.4) is 0 Å². The fraction of sp³-hybridized carbons (Fsp3) is 0.323. The van der Waals surface area contributed by atoms with Gasteiger partial charge in [0.15, 0.2) is 0 Å². The van der Waals surface area contributed by atoms with Crippen LogP contribution in [0.4, 0.5) is 0 Å². The molecule has 1 unspecified atom stereocenters. The number of carbonyl (C=O) groups is 1. The summed E-state index contributed by atoms with van der Waals surface area (Å²) < 4.78 is 5.31. The molecule has 0 aliphatic carbocycles. The quantitative estimate of drug-likeness (QED) is 0.191. The number of likely N-dealkylation sites (tertiary alicyclic amines) is 1. The lowest BCUT2D eigenvalue weighted by molar-refractivity contribution is -0.131. The van der Waals surface area contributed by atoms with Crippen LogP contribution in [0.1, 0.15) is 41.2 Å². The van der Waals surface area contributed by atoms with Crippen LogP contribution in [0.2, 0.25) is 5.15 Å². The smallest absolute Gasteiger partial charge is 0.328 e. The van der Waals surface area contributed by atoms with Crippen LogP contribution < -0.4 is 10.1 Å². The maximum atomic E-state index is 11.2. The van der Waals surface area contributed by atoms with Crippen molar-refractivity contribution in [2.45, 2.75) is 38.5 Å². The van der Waals surface area contributed by atoms with E-state index in [4.69, 9.17) is 21.4 Å². The van der Waals surface area contributed by atoms with Gasteiger partial charge in [-0.25, -0.2) is 14.8 Å². The van der Waals surface area contributed by atoms with Crippen LogP contribution in [0.5, 0.6) is 5.88 Å². The largest absolute Gasteiger partial charge is 0.481 e. The molecule has 3 N–H and O–H groups in total. The average molecular weight is 561 g/mol. The number of piperidine rings is 1. The molecule has 0 bridgehead atoms. The summed E-state index contributed by atoms with van der Waals surface area (Å²) in [5, 5.41) is 26.3. The van der Waals surface area contributed by atoms with Gasteiger partial charge in [0.1, 0.15) is 5.15 Å². The van der Waals surface area contributed by atoms with Crippen molar-refractivity contribution in [1.29, 1.82) is 0 Å². The van der Waals surface area contributed by atoms with Gasteiger partial charge in [-0.3, -0.25) is 0 Å². The lowest BCUT2D eigenvalue weighted by Crippen LogP contribution is -2.43. The third-order valence-corrected chi connectivity index (χ3v) is 7.79. The Bertz CT molecular complexity index is 1570. The number of nitrogens with one attached hydrogen (secondary N) is 1. The van der Waals surface area contributed by atoms with Gasteiger partial charge in [-0.05, 0) is 68.8 Å². The van der Waals surface area contributed by atoms with Gasteiger partial charge >= 0.3 is 5.97 Å². The standard InChI is InChI=1S/C31H33ClN4O4/c1-19-3-8-26-21(15-19)16-22(31(32)34-26)17-33-23-11-13-36(14-12-23)18-27(37)25-6-4-20(5-10-29(38)39)24-7-9-28(40-2)35-30(24)25/h3-10,15-16,23,27,33,37H,11-14,17-18H2,1-2H3,(H,38,39)/b10-5+. The Morgan fingerprint density at radius 3 is 2.73 bits per heavy atom. The van der Waals surface area contributed by atoms with Gasteiger partial charge in [-0.15, -0.1) is 0 Å². The molecule has 3 heterocycles. The zero-order chi connectivity index (χ0) is 28.2. The van der Waals surface area contributed by atoms with Crippen molar-refractivity contribution in [1.82, 2.24) is 20.2 Å². The van der Waals surface area contributed by atoms with Crippen molar-refractivity contribution < 1.29 is 19.7 Å². The van der Waals surface area contributed by atoms with Gasteiger partial charge in [0.25, 0.3) is 0 Å². The van der Waals surface area contributed by atoms with Gasteiger partial charge in [0.2, 0.25) is 5.88 Å². The number of aryl methyl sites for hydroxylation is 1. The van der Waals surface area contributed by atoms with Crippen LogP contribution in [0, 0.1) is 6.92 Å². The molecule has 40 heavy (non-hydrogen) atoms. The lowest BCUT2D eigenvalue weighted by Gasteiger charge is -2.34.